The molecule has 0 aromatic heterocycles. The number of alkyl halides is 3. The van der Waals surface area contributed by atoms with Gasteiger partial charge in [-0.05, 0) is 24.3 Å². The quantitative estimate of drug-likeness (QED) is 0.576. The van der Waals surface area contributed by atoms with Crippen molar-refractivity contribution in [2.24, 2.45) is 5.92 Å². The largest absolute Gasteiger partial charge is 0.363 e. The van der Waals surface area contributed by atoms with Gasteiger partial charge in [0.15, 0.2) is 0 Å². The molecule has 0 spiro atoms. The van der Waals surface area contributed by atoms with Gasteiger partial charge in [0.2, 0.25) is 0 Å². The summed E-state index contributed by atoms with van der Waals surface area (Å²) in [5, 5.41) is 0. The fourth-order valence-corrected chi connectivity index (χ4v) is 1.42. The molecule has 0 radical (unpaired) electrons. The van der Waals surface area contributed by atoms with Crippen molar-refractivity contribution in [2.75, 3.05) is 0 Å². The summed E-state index contributed by atoms with van der Waals surface area (Å²) in [6.07, 6.45) is 1.66. The predicted octanol–water partition coefficient (Wildman–Crippen LogP) is 4.25. The summed E-state index contributed by atoms with van der Waals surface area (Å²) < 4.78 is 24.8. The monoisotopic (exact) mass is 286 g/mol. The zero-order valence-electron chi connectivity index (χ0n) is 9.01. The van der Waals surface area contributed by atoms with Crippen LogP contribution in [0.25, 0.3) is 0 Å². The average Bonchev–Trinajstić information content (AvgIpc) is 2.24. The lowest BCUT2D eigenvalue weighted by molar-refractivity contribution is 0.182. The van der Waals surface area contributed by atoms with Crippen molar-refractivity contribution < 1.29 is 8.78 Å². The van der Waals surface area contributed by atoms with E-state index in [1.807, 2.05) is 43.2 Å². The SMILES string of the molecule is CC(C#CC(F)(F)Br)CCc1ccccc1. The molecule has 0 aliphatic rings. The maximum absolute atomic E-state index is 12.4. The van der Waals surface area contributed by atoms with Gasteiger partial charge in [0.1, 0.15) is 0 Å². The summed E-state index contributed by atoms with van der Waals surface area (Å²) in [6, 6.07) is 9.95. The van der Waals surface area contributed by atoms with Gasteiger partial charge in [0.05, 0.1) is 0 Å². The lowest BCUT2D eigenvalue weighted by Crippen LogP contribution is -2.01. The molecule has 0 amide bonds. The molecule has 1 unspecified atom stereocenters. The minimum absolute atomic E-state index is 0.0244. The molecule has 1 aromatic rings. The van der Waals surface area contributed by atoms with E-state index in [4.69, 9.17) is 0 Å². The molecule has 0 bridgehead atoms. The van der Waals surface area contributed by atoms with Gasteiger partial charge in [0, 0.05) is 21.8 Å². The van der Waals surface area contributed by atoms with E-state index in [9.17, 15) is 8.78 Å². The van der Waals surface area contributed by atoms with Crippen LogP contribution in [-0.2, 0) is 6.42 Å². The summed E-state index contributed by atoms with van der Waals surface area (Å²) >= 11 is 2.20. The third-order valence-corrected chi connectivity index (χ3v) is 2.37. The molecule has 0 fully saturated rings. The minimum atomic E-state index is -3.06. The molecule has 1 atom stereocenters. The van der Waals surface area contributed by atoms with Gasteiger partial charge in [-0.25, -0.2) is 0 Å². The molecule has 0 saturated heterocycles. The first kappa shape index (κ1) is 13.2. The van der Waals surface area contributed by atoms with E-state index < -0.39 is 4.83 Å². The van der Waals surface area contributed by atoms with Gasteiger partial charge in [0.25, 0.3) is 0 Å². The van der Waals surface area contributed by atoms with Crippen LogP contribution in [0.5, 0.6) is 0 Å². The molecule has 16 heavy (non-hydrogen) atoms. The van der Waals surface area contributed by atoms with Crippen molar-refractivity contribution in [3.63, 3.8) is 0 Å². The van der Waals surface area contributed by atoms with Gasteiger partial charge >= 0.3 is 4.83 Å². The van der Waals surface area contributed by atoms with E-state index in [2.05, 4.69) is 21.9 Å². The van der Waals surface area contributed by atoms with Crippen molar-refractivity contribution in [1.82, 2.24) is 0 Å². The fourth-order valence-electron chi connectivity index (χ4n) is 1.31. The van der Waals surface area contributed by atoms with Crippen LogP contribution in [0.1, 0.15) is 18.9 Å². The fraction of sp³-hybridized carbons (Fsp3) is 0.385. The summed E-state index contributed by atoms with van der Waals surface area (Å²) in [6.45, 7) is 1.86. The summed E-state index contributed by atoms with van der Waals surface area (Å²) in [5.74, 6) is 4.41. The minimum Gasteiger partial charge on any atom is -0.180 e. The van der Waals surface area contributed by atoms with Crippen LogP contribution < -0.4 is 0 Å². The van der Waals surface area contributed by atoms with Gasteiger partial charge in [-0.15, -0.1) is 0 Å². The van der Waals surface area contributed by atoms with E-state index in [0.717, 1.165) is 12.8 Å². The molecule has 0 aliphatic carbocycles. The highest BCUT2D eigenvalue weighted by Crippen LogP contribution is 2.20. The number of halogens is 3. The highest BCUT2D eigenvalue weighted by atomic mass is 79.9. The lowest BCUT2D eigenvalue weighted by atomic mass is 10.0. The Morgan fingerprint density at radius 2 is 1.94 bits per heavy atom. The summed E-state index contributed by atoms with van der Waals surface area (Å²) in [7, 11) is 0. The Morgan fingerprint density at radius 3 is 2.50 bits per heavy atom. The van der Waals surface area contributed by atoms with E-state index in [1.165, 1.54) is 5.56 Å². The van der Waals surface area contributed by atoms with Crippen LogP contribution in [0.2, 0.25) is 0 Å². The van der Waals surface area contributed by atoms with Crippen LogP contribution in [-0.4, -0.2) is 4.83 Å². The number of aryl methyl sites for hydroxylation is 1. The topological polar surface area (TPSA) is 0 Å². The molecule has 0 heterocycles. The Morgan fingerprint density at radius 1 is 1.31 bits per heavy atom. The van der Waals surface area contributed by atoms with Crippen LogP contribution in [0.3, 0.4) is 0 Å². The second-order valence-corrected chi connectivity index (χ2v) is 4.69. The van der Waals surface area contributed by atoms with Gasteiger partial charge < -0.3 is 0 Å². The number of rotatable bonds is 3. The second kappa shape index (κ2) is 6.00. The summed E-state index contributed by atoms with van der Waals surface area (Å²) in [5.41, 5.74) is 1.21. The molecule has 86 valence electrons. The third-order valence-electron chi connectivity index (χ3n) is 2.17. The first-order chi connectivity index (χ1) is 7.47. The van der Waals surface area contributed by atoms with E-state index in [1.54, 1.807) is 0 Å². The molecule has 1 rings (SSSR count). The smallest absolute Gasteiger partial charge is 0.180 e. The molecule has 0 aliphatic heterocycles. The normalized spacial score (nSPS) is 12.8. The molecule has 1 aromatic carbocycles. The molecule has 0 nitrogen and oxygen atoms in total. The zero-order chi connectivity index (χ0) is 12.0. The van der Waals surface area contributed by atoms with Crippen LogP contribution in [0, 0.1) is 17.8 Å². The van der Waals surface area contributed by atoms with Crippen molar-refractivity contribution in [3.8, 4) is 11.8 Å². The highest BCUT2D eigenvalue weighted by molar-refractivity contribution is 9.10. The van der Waals surface area contributed by atoms with Crippen LogP contribution >= 0.6 is 15.9 Å². The Kier molecular flexibility index (Phi) is 4.95. The predicted molar refractivity (Wildman–Crippen MR) is 65.6 cm³/mol. The Balaban J connectivity index is 2.41. The second-order valence-electron chi connectivity index (χ2n) is 3.69. The van der Waals surface area contributed by atoms with Crippen molar-refractivity contribution in [2.45, 2.75) is 24.6 Å². The molecule has 0 N–H and O–H groups in total. The Hall–Kier alpha value is -0.880. The van der Waals surface area contributed by atoms with Crippen molar-refractivity contribution in [3.05, 3.63) is 35.9 Å². The standard InChI is InChI=1S/C13H13BrF2/c1-11(9-10-13(14,15)16)7-8-12-5-3-2-4-6-12/h2-6,11H,7-8H2,1H3. The highest BCUT2D eigenvalue weighted by Gasteiger charge is 2.19. The van der Waals surface area contributed by atoms with E-state index in [-0.39, 0.29) is 5.92 Å². The number of benzene rings is 1. The Labute approximate surface area is 103 Å². The number of hydrogen-bond donors (Lipinski definition) is 0. The van der Waals surface area contributed by atoms with Gasteiger partial charge in [-0.2, -0.15) is 8.78 Å². The van der Waals surface area contributed by atoms with Gasteiger partial charge in [-0.3, -0.25) is 0 Å². The third kappa shape index (κ3) is 5.87. The van der Waals surface area contributed by atoms with E-state index >= 15 is 0 Å². The molecule has 0 saturated carbocycles. The maximum Gasteiger partial charge on any atom is 0.363 e. The van der Waals surface area contributed by atoms with E-state index in [0.29, 0.717) is 0 Å². The average molecular weight is 287 g/mol. The lowest BCUT2D eigenvalue weighted by Gasteiger charge is -2.04. The van der Waals surface area contributed by atoms with Crippen LogP contribution in [0.15, 0.2) is 30.3 Å². The maximum atomic E-state index is 12.4. The van der Waals surface area contributed by atoms with Crippen molar-refractivity contribution >= 4 is 15.9 Å². The summed E-state index contributed by atoms with van der Waals surface area (Å²) in [4.78, 5) is -3.06. The molecule has 3 heteroatoms. The van der Waals surface area contributed by atoms with Crippen LogP contribution in [0.4, 0.5) is 8.78 Å². The van der Waals surface area contributed by atoms with Gasteiger partial charge in [-0.1, -0.05) is 43.2 Å². The zero-order valence-corrected chi connectivity index (χ0v) is 10.6. The molecular weight excluding hydrogens is 274 g/mol. The van der Waals surface area contributed by atoms with Crippen molar-refractivity contribution in [1.29, 1.82) is 0 Å². The first-order valence-corrected chi connectivity index (χ1v) is 5.90. The molecular formula is C13H13BrF2. The first-order valence-electron chi connectivity index (χ1n) is 5.11. The number of hydrogen-bond acceptors (Lipinski definition) is 0. The Bertz CT molecular complexity index is 370.